The molecule has 0 saturated heterocycles. The number of aromatic nitrogens is 2. The number of aryl methyl sites for hydroxylation is 1. The van der Waals surface area contributed by atoms with E-state index in [9.17, 15) is 4.79 Å². The third kappa shape index (κ3) is 3.52. The SMILES string of the molecule is CCc1nnsc1C(=O)NCc1cccc(CCl)c1. The topological polar surface area (TPSA) is 54.9 Å². The van der Waals surface area contributed by atoms with Gasteiger partial charge in [-0.1, -0.05) is 35.7 Å². The minimum atomic E-state index is -0.122. The van der Waals surface area contributed by atoms with E-state index >= 15 is 0 Å². The number of amides is 1. The molecule has 2 aromatic rings. The summed E-state index contributed by atoms with van der Waals surface area (Å²) in [6.45, 7) is 2.43. The third-order valence-electron chi connectivity index (χ3n) is 2.70. The van der Waals surface area contributed by atoms with Gasteiger partial charge in [0.05, 0.1) is 5.69 Å². The number of nitrogens with zero attached hydrogens (tertiary/aromatic N) is 2. The van der Waals surface area contributed by atoms with Crippen LogP contribution in [-0.4, -0.2) is 15.5 Å². The predicted molar refractivity (Wildman–Crippen MR) is 76.5 cm³/mol. The molecule has 100 valence electrons. The van der Waals surface area contributed by atoms with Gasteiger partial charge in [0.2, 0.25) is 0 Å². The number of rotatable bonds is 5. The Morgan fingerprint density at radius 2 is 2.21 bits per heavy atom. The van der Waals surface area contributed by atoms with Crippen LogP contribution in [0.1, 0.15) is 33.4 Å². The van der Waals surface area contributed by atoms with Crippen molar-refractivity contribution in [1.29, 1.82) is 0 Å². The fraction of sp³-hybridized carbons (Fsp3) is 0.308. The number of alkyl halides is 1. The van der Waals surface area contributed by atoms with E-state index in [2.05, 4.69) is 14.9 Å². The quantitative estimate of drug-likeness (QED) is 0.863. The van der Waals surface area contributed by atoms with Gasteiger partial charge in [0, 0.05) is 12.4 Å². The minimum absolute atomic E-state index is 0.122. The van der Waals surface area contributed by atoms with Crippen LogP contribution in [0.4, 0.5) is 0 Å². The molecule has 6 heteroatoms. The highest BCUT2D eigenvalue weighted by Crippen LogP contribution is 2.12. The molecule has 1 N–H and O–H groups in total. The molecule has 0 saturated carbocycles. The second kappa shape index (κ2) is 6.63. The Kier molecular flexibility index (Phi) is 4.87. The van der Waals surface area contributed by atoms with E-state index in [1.165, 1.54) is 0 Å². The second-order valence-corrected chi connectivity index (χ2v) is 5.06. The number of halogens is 1. The number of carbonyl (C=O) groups excluding carboxylic acids is 1. The maximum absolute atomic E-state index is 12.0. The molecule has 4 nitrogen and oxygen atoms in total. The number of hydrogen-bond acceptors (Lipinski definition) is 4. The van der Waals surface area contributed by atoms with Crippen LogP contribution >= 0.6 is 23.1 Å². The van der Waals surface area contributed by atoms with Crippen molar-refractivity contribution < 1.29 is 4.79 Å². The molecular formula is C13H14ClN3OS. The number of carbonyl (C=O) groups is 1. The maximum Gasteiger partial charge on any atom is 0.265 e. The molecule has 0 fully saturated rings. The summed E-state index contributed by atoms with van der Waals surface area (Å²) in [5.41, 5.74) is 2.82. The highest BCUT2D eigenvalue weighted by molar-refractivity contribution is 7.08. The molecule has 2 rings (SSSR count). The van der Waals surface area contributed by atoms with Crippen LogP contribution in [0.25, 0.3) is 0 Å². The van der Waals surface area contributed by atoms with Gasteiger partial charge < -0.3 is 5.32 Å². The van der Waals surface area contributed by atoms with E-state index in [4.69, 9.17) is 11.6 Å². The van der Waals surface area contributed by atoms with Crippen molar-refractivity contribution in [3.8, 4) is 0 Å². The summed E-state index contributed by atoms with van der Waals surface area (Å²) in [4.78, 5) is 12.6. The summed E-state index contributed by atoms with van der Waals surface area (Å²) < 4.78 is 3.81. The van der Waals surface area contributed by atoms with Gasteiger partial charge in [0.25, 0.3) is 5.91 Å². The molecule has 1 aromatic carbocycles. The molecule has 0 aliphatic carbocycles. The first-order chi connectivity index (χ1) is 9.24. The molecule has 1 amide bonds. The third-order valence-corrected chi connectivity index (χ3v) is 3.77. The zero-order valence-corrected chi connectivity index (χ0v) is 12.1. The van der Waals surface area contributed by atoms with E-state index in [0.29, 0.717) is 23.7 Å². The van der Waals surface area contributed by atoms with Gasteiger partial charge in [0.1, 0.15) is 4.88 Å². The van der Waals surface area contributed by atoms with E-state index < -0.39 is 0 Å². The molecule has 0 radical (unpaired) electrons. The van der Waals surface area contributed by atoms with Crippen molar-refractivity contribution in [1.82, 2.24) is 14.9 Å². The fourth-order valence-electron chi connectivity index (χ4n) is 1.70. The monoisotopic (exact) mass is 295 g/mol. The largest absolute Gasteiger partial charge is 0.347 e. The average Bonchev–Trinajstić information content (AvgIpc) is 2.93. The van der Waals surface area contributed by atoms with Crippen molar-refractivity contribution in [3.05, 3.63) is 46.0 Å². The van der Waals surface area contributed by atoms with Gasteiger partial charge in [-0.3, -0.25) is 4.79 Å². The van der Waals surface area contributed by atoms with Crippen LogP contribution < -0.4 is 5.32 Å². The number of benzene rings is 1. The van der Waals surface area contributed by atoms with Crippen LogP contribution in [0.3, 0.4) is 0 Å². The summed E-state index contributed by atoms with van der Waals surface area (Å²) in [6.07, 6.45) is 0.709. The summed E-state index contributed by atoms with van der Waals surface area (Å²) in [6, 6.07) is 7.84. The van der Waals surface area contributed by atoms with Gasteiger partial charge in [-0.2, -0.15) is 0 Å². The second-order valence-electron chi connectivity index (χ2n) is 4.04. The van der Waals surface area contributed by atoms with E-state index in [1.54, 1.807) is 0 Å². The zero-order valence-electron chi connectivity index (χ0n) is 10.5. The lowest BCUT2D eigenvalue weighted by atomic mass is 10.1. The molecular weight excluding hydrogens is 282 g/mol. The fourth-order valence-corrected chi connectivity index (χ4v) is 2.53. The highest BCUT2D eigenvalue weighted by Gasteiger charge is 2.14. The maximum atomic E-state index is 12.0. The zero-order chi connectivity index (χ0) is 13.7. The van der Waals surface area contributed by atoms with Crippen molar-refractivity contribution in [3.63, 3.8) is 0 Å². The van der Waals surface area contributed by atoms with Gasteiger partial charge in [-0.05, 0) is 29.1 Å². The summed E-state index contributed by atoms with van der Waals surface area (Å²) in [5, 5.41) is 6.80. The Labute approximate surface area is 121 Å². The lowest BCUT2D eigenvalue weighted by molar-refractivity contribution is 0.0954. The standard InChI is InChI=1S/C13H14ClN3OS/c1-2-11-12(19-17-16-11)13(18)15-8-10-5-3-4-9(6-10)7-14/h3-6H,2,7-8H2,1H3,(H,15,18). The smallest absolute Gasteiger partial charge is 0.265 e. The lowest BCUT2D eigenvalue weighted by Crippen LogP contribution is -2.23. The van der Waals surface area contributed by atoms with Crippen LogP contribution in [0.2, 0.25) is 0 Å². The number of hydrogen-bond donors (Lipinski definition) is 1. The van der Waals surface area contributed by atoms with Crippen LogP contribution in [0, 0.1) is 0 Å². The van der Waals surface area contributed by atoms with Crippen LogP contribution in [-0.2, 0) is 18.8 Å². The summed E-state index contributed by atoms with van der Waals surface area (Å²) in [7, 11) is 0. The van der Waals surface area contributed by atoms with Crippen molar-refractivity contribution in [2.24, 2.45) is 0 Å². The van der Waals surface area contributed by atoms with E-state index in [-0.39, 0.29) is 5.91 Å². The number of nitrogens with one attached hydrogen (secondary N) is 1. The summed E-state index contributed by atoms with van der Waals surface area (Å²) in [5.74, 6) is 0.351. The van der Waals surface area contributed by atoms with Crippen molar-refractivity contribution >= 4 is 29.0 Å². The Bertz CT molecular complexity index is 571. The van der Waals surface area contributed by atoms with E-state index in [0.717, 1.165) is 28.4 Å². The normalized spacial score (nSPS) is 10.4. The Morgan fingerprint density at radius 1 is 1.42 bits per heavy atom. The predicted octanol–water partition coefficient (Wildman–Crippen LogP) is 2.77. The molecule has 1 heterocycles. The van der Waals surface area contributed by atoms with Crippen LogP contribution in [0.5, 0.6) is 0 Å². The van der Waals surface area contributed by atoms with Crippen molar-refractivity contribution in [2.75, 3.05) is 0 Å². The van der Waals surface area contributed by atoms with Gasteiger partial charge in [-0.25, -0.2) is 0 Å². The van der Waals surface area contributed by atoms with Crippen LogP contribution in [0.15, 0.2) is 24.3 Å². The molecule has 19 heavy (non-hydrogen) atoms. The van der Waals surface area contributed by atoms with Crippen molar-refractivity contribution in [2.45, 2.75) is 25.8 Å². The molecule has 0 spiro atoms. The molecule has 0 bridgehead atoms. The minimum Gasteiger partial charge on any atom is -0.347 e. The molecule has 0 unspecified atom stereocenters. The Hall–Kier alpha value is -1.46. The summed E-state index contributed by atoms with van der Waals surface area (Å²) >= 11 is 6.91. The molecule has 1 aromatic heterocycles. The van der Waals surface area contributed by atoms with Gasteiger partial charge in [-0.15, -0.1) is 16.7 Å². The lowest BCUT2D eigenvalue weighted by Gasteiger charge is -2.05. The first-order valence-corrected chi connectivity index (χ1v) is 7.28. The highest BCUT2D eigenvalue weighted by atomic mass is 35.5. The first-order valence-electron chi connectivity index (χ1n) is 5.97. The van der Waals surface area contributed by atoms with Gasteiger partial charge in [0.15, 0.2) is 0 Å². The molecule has 0 aliphatic heterocycles. The Morgan fingerprint density at radius 3 is 2.95 bits per heavy atom. The first kappa shape index (κ1) is 14.0. The average molecular weight is 296 g/mol. The Balaban J connectivity index is 2.00. The molecule has 0 aliphatic rings. The van der Waals surface area contributed by atoms with Gasteiger partial charge >= 0.3 is 0 Å². The molecule has 0 atom stereocenters. The van der Waals surface area contributed by atoms with E-state index in [1.807, 2.05) is 31.2 Å².